The Hall–Kier alpha value is 0.610. The molecule has 0 saturated carbocycles. The predicted molar refractivity (Wildman–Crippen MR) is 66.0 cm³/mol. The Morgan fingerprint density at radius 3 is 1.50 bits per heavy atom. The minimum Gasteiger partial charge on any atom is -0.227 e. The molecule has 6 heteroatoms. The second-order valence-corrected chi connectivity index (χ2v) is 2.62. The topological polar surface area (TPSA) is 34.1 Å². The molecule has 1 rings (SSSR count). The average molecular weight is 385 g/mol. The van der Waals surface area contributed by atoms with Crippen LogP contribution in [0.1, 0.15) is 0 Å². The molecule has 0 radical (unpaired) electrons. The van der Waals surface area contributed by atoms with E-state index in [9.17, 15) is 8.42 Å². The molecule has 0 aliphatic heterocycles. The third-order valence-electron chi connectivity index (χ3n) is 0.967. The van der Waals surface area contributed by atoms with Crippen molar-refractivity contribution in [3.8, 4) is 0 Å². The van der Waals surface area contributed by atoms with Gasteiger partial charge in [0.2, 0.25) is 0 Å². The summed E-state index contributed by atoms with van der Waals surface area (Å²) in [7, 11) is -2.40. The van der Waals surface area contributed by atoms with E-state index in [1.165, 1.54) is 0 Å². The summed E-state index contributed by atoms with van der Waals surface area (Å²) in [5.41, 5.74) is 0. The first-order valence-corrected chi connectivity index (χ1v) is 3.68. The molecule has 0 atom stereocenters. The number of rotatable bonds is 1. The van der Waals surface area contributed by atoms with Gasteiger partial charge < -0.3 is 0 Å². The highest BCUT2D eigenvalue weighted by atomic mass is 79.9. The van der Waals surface area contributed by atoms with Crippen LogP contribution in [0.25, 0.3) is 0 Å². The summed E-state index contributed by atoms with van der Waals surface area (Å²) < 4.78 is 20.5. The van der Waals surface area contributed by atoms with Crippen LogP contribution in [-0.2, 0) is 10.7 Å². The van der Waals surface area contributed by atoms with Gasteiger partial charge in [-0.1, -0.05) is 18.2 Å². The molecule has 0 saturated heterocycles. The maximum absolute atomic E-state index is 10.2. The van der Waals surface area contributed by atoms with Gasteiger partial charge in [0.25, 0.3) is 0 Å². The maximum Gasteiger partial charge on any atom is 0.168 e. The summed E-state index contributed by atoms with van der Waals surface area (Å²) in [5, 5.41) is 0. The Kier molecular flexibility index (Phi) is 14.9. The first-order valence-electron chi connectivity index (χ1n) is 2.50. The minimum absolute atomic E-state index is 0. The lowest BCUT2D eigenvalue weighted by Crippen LogP contribution is -1.75. The van der Waals surface area contributed by atoms with Crippen LogP contribution >= 0.6 is 50.9 Å². The highest BCUT2D eigenvalue weighted by Crippen LogP contribution is 1.97. The third-order valence-corrected chi connectivity index (χ3v) is 1.69. The summed E-state index contributed by atoms with van der Waals surface area (Å²) in [6, 6.07) is 8.29. The molecule has 0 aliphatic carbocycles. The lowest BCUT2D eigenvalue weighted by atomic mass is 10.4. The van der Waals surface area contributed by atoms with Gasteiger partial charge in [0, 0.05) is 0 Å². The highest BCUT2D eigenvalue weighted by Gasteiger charge is 1.87. The van der Waals surface area contributed by atoms with Crippen molar-refractivity contribution in [2.75, 3.05) is 0 Å². The molecule has 2 nitrogen and oxygen atoms in total. The molecule has 72 valence electrons. The van der Waals surface area contributed by atoms with Gasteiger partial charge in [0.1, 0.15) is 0 Å². The van der Waals surface area contributed by atoms with Crippen molar-refractivity contribution in [1.82, 2.24) is 0 Å². The molecule has 0 aliphatic rings. The molecular weight excluding hydrogens is 376 g/mol. The molecule has 0 N–H and O–H groups in total. The van der Waals surface area contributed by atoms with Gasteiger partial charge in [-0.3, -0.25) is 0 Å². The standard InChI is InChI=1S/C6H6O2S.3BrH/c7-9(8)6-4-2-1-3-5-6;;;/h1-5,9H;3*1H. The van der Waals surface area contributed by atoms with E-state index in [2.05, 4.69) is 0 Å². The summed E-state index contributed by atoms with van der Waals surface area (Å²) >= 11 is 0. The van der Waals surface area contributed by atoms with E-state index >= 15 is 0 Å². The number of benzene rings is 1. The molecule has 12 heavy (non-hydrogen) atoms. The van der Waals surface area contributed by atoms with Crippen LogP contribution in [0, 0.1) is 0 Å². The Labute approximate surface area is 105 Å². The van der Waals surface area contributed by atoms with Crippen LogP contribution in [0.4, 0.5) is 0 Å². The monoisotopic (exact) mass is 382 g/mol. The van der Waals surface area contributed by atoms with Crippen LogP contribution in [0.2, 0.25) is 0 Å². The summed E-state index contributed by atoms with van der Waals surface area (Å²) in [6.45, 7) is 0. The fourth-order valence-electron chi connectivity index (χ4n) is 0.550. The summed E-state index contributed by atoms with van der Waals surface area (Å²) in [6.07, 6.45) is 0. The molecule has 0 unspecified atom stereocenters. The largest absolute Gasteiger partial charge is 0.227 e. The van der Waals surface area contributed by atoms with Gasteiger partial charge in [-0.05, 0) is 12.1 Å². The Bertz CT molecular complexity index is 253. The lowest BCUT2D eigenvalue weighted by Gasteiger charge is -1.83. The highest BCUT2D eigenvalue weighted by molar-refractivity contribution is 8.93. The lowest BCUT2D eigenvalue weighted by molar-refractivity contribution is 0.614. The van der Waals surface area contributed by atoms with Crippen LogP contribution < -0.4 is 0 Å². The quantitative estimate of drug-likeness (QED) is 0.754. The summed E-state index contributed by atoms with van der Waals surface area (Å²) in [5.74, 6) is 0. The van der Waals surface area contributed by atoms with E-state index in [4.69, 9.17) is 0 Å². The zero-order valence-electron chi connectivity index (χ0n) is 5.88. The van der Waals surface area contributed by atoms with Crippen molar-refractivity contribution in [3.63, 3.8) is 0 Å². The van der Waals surface area contributed by atoms with Gasteiger partial charge in [-0.2, -0.15) is 0 Å². The van der Waals surface area contributed by atoms with Crippen LogP contribution in [0.3, 0.4) is 0 Å². The van der Waals surface area contributed by atoms with Crippen LogP contribution in [-0.4, -0.2) is 8.42 Å². The normalized spacial score (nSPS) is 7.42. The van der Waals surface area contributed by atoms with Crippen molar-refractivity contribution in [1.29, 1.82) is 0 Å². The van der Waals surface area contributed by atoms with Crippen molar-refractivity contribution in [2.45, 2.75) is 4.90 Å². The van der Waals surface area contributed by atoms with E-state index in [-0.39, 0.29) is 50.9 Å². The average Bonchev–Trinajstić information content (AvgIpc) is 1.90. The first kappa shape index (κ1) is 18.4. The van der Waals surface area contributed by atoms with Gasteiger partial charge >= 0.3 is 0 Å². The molecule has 0 bridgehead atoms. The third kappa shape index (κ3) is 6.16. The molecule has 0 spiro atoms. The number of hydrogen-bond acceptors (Lipinski definition) is 2. The zero-order valence-corrected chi connectivity index (χ0v) is 11.9. The molecule has 0 amide bonds. The van der Waals surface area contributed by atoms with Crippen LogP contribution in [0.5, 0.6) is 0 Å². The zero-order chi connectivity index (χ0) is 6.69. The molecule has 0 heterocycles. The van der Waals surface area contributed by atoms with E-state index in [1.54, 1.807) is 30.3 Å². The molecular formula is C6H9Br3O2S. The van der Waals surface area contributed by atoms with Crippen LogP contribution in [0.15, 0.2) is 35.2 Å². The van der Waals surface area contributed by atoms with E-state index in [0.29, 0.717) is 4.90 Å². The first-order chi connectivity index (χ1) is 4.30. The fourth-order valence-corrected chi connectivity index (χ4v) is 0.965. The number of halogens is 3. The minimum atomic E-state index is -2.40. The Morgan fingerprint density at radius 2 is 1.25 bits per heavy atom. The number of hydrogen-bond donors (Lipinski definition) is 1. The van der Waals surface area contributed by atoms with Crippen molar-refractivity contribution in [2.24, 2.45) is 0 Å². The molecule has 1 aromatic carbocycles. The van der Waals surface area contributed by atoms with Crippen molar-refractivity contribution in [3.05, 3.63) is 30.3 Å². The maximum atomic E-state index is 10.2. The van der Waals surface area contributed by atoms with Gasteiger partial charge in [0.05, 0.1) is 4.90 Å². The second kappa shape index (κ2) is 9.70. The number of thiol groups is 1. The fraction of sp³-hybridized carbons (Fsp3) is 0. The van der Waals surface area contributed by atoms with Gasteiger partial charge in [0.15, 0.2) is 10.7 Å². The van der Waals surface area contributed by atoms with E-state index < -0.39 is 10.7 Å². The Balaban J connectivity index is -0.000000270. The van der Waals surface area contributed by atoms with Gasteiger partial charge in [-0.25, -0.2) is 8.42 Å². The van der Waals surface area contributed by atoms with E-state index in [0.717, 1.165) is 0 Å². The van der Waals surface area contributed by atoms with Crippen molar-refractivity contribution < 1.29 is 8.42 Å². The molecule has 0 aromatic heterocycles. The predicted octanol–water partition coefficient (Wildman–Crippen LogP) is 2.39. The van der Waals surface area contributed by atoms with E-state index in [1.807, 2.05) is 0 Å². The van der Waals surface area contributed by atoms with Crippen molar-refractivity contribution >= 4 is 61.6 Å². The smallest absolute Gasteiger partial charge is 0.168 e. The van der Waals surface area contributed by atoms with Gasteiger partial charge in [-0.15, -0.1) is 50.9 Å². The second-order valence-electron chi connectivity index (χ2n) is 1.59. The Morgan fingerprint density at radius 1 is 0.833 bits per heavy atom. The molecule has 1 aromatic rings. The summed E-state index contributed by atoms with van der Waals surface area (Å²) in [4.78, 5) is 0.368. The SMILES string of the molecule is Br.Br.Br.O=[SH](=O)c1ccccc1. The molecule has 0 fully saturated rings.